The second kappa shape index (κ2) is 7.25. The van der Waals surface area contributed by atoms with Gasteiger partial charge in [0.2, 0.25) is 0 Å². The van der Waals surface area contributed by atoms with Crippen molar-refractivity contribution in [1.82, 2.24) is 4.98 Å². The Kier molecular flexibility index (Phi) is 4.99. The molecular weight excluding hydrogens is 380 g/mol. The van der Waals surface area contributed by atoms with Gasteiger partial charge in [-0.15, -0.1) is 0 Å². The summed E-state index contributed by atoms with van der Waals surface area (Å²) in [6, 6.07) is 5.65. The molecule has 2 atom stereocenters. The molecule has 0 N–H and O–H groups in total. The normalized spacial score (nSPS) is 24.7. The van der Waals surface area contributed by atoms with Gasteiger partial charge in [-0.1, -0.05) is 20.8 Å². The Hall–Kier alpha value is -2.63. The number of rotatable bonds is 4. The average Bonchev–Trinajstić information content (AvgIpc) is 2.94. The van der Waals surface area contributed by atoms with E-state index in [-0.39, 0.29) is 16.8 Å². The van der Waals surface area contributed by atoms with E-state index in [1.807, 2.05) is 6.07 Å². The van der Waals surface area contributed by atoms with Crippen LogP contribution in [-0.4, -0.2) is 43.2 Å². The smallest absolute Gasteiger partial charge is 0.341 e. The molecule has 1 saturated heterocycles. The van der Waals surface area contributed by atoms with E-state index in [2.05, 4.69) is 30.7 Å². The third-order valence-electron chi connectivity index (χ3n) is 6.46. The van der Waals surface area contributed by atoms with Gasteiger partial charge < -0.3 is 14.4 Å². The van der Waals surface area contributed by atoms with Crippen LogP contribution in [0.4, 0.5) is 5.69 Å². The van der Waals surface area contributed by atoms with Crippen LogP contribution in [-0.2, 0) is 9.47 Å². The number of aromatic nitrogens is 1. The summed E-state index contributed by atoms with van der Waals surface area (Å²) in [7, 11) is 1.37. The molecule has 2 fully saturated rings. The number of benzene rings is 1. The monoisotopic (exact) mass is 410 g/mol. The minimum absolute atomic E-state index is 0.188. The zero-order valence-corrected chi connectivity index (χ0v) is 18.4. The number of ether oxygens (including phenoxy) is 2. The van der Waals surface area contributed by atoms with Crippen molar-refractivity contribution in [2.75, 3.05) is 25.2 Å². The number of esters is 2. The molecule has 30 heavy (non-hydrogen) atoms. The SMILES string of the molecule is CCOC(=O)c1cnc2ccc(C(=O)OC)cc2c1N1C[C@@]2(C)C[C@@H]1CC(C)(C)C2. The first-order valence-electron chi connectivity index (χ1n) is 10.6. The largest absolute Gasteiger partial charge is 0.465 e. The van der Waals surface area contributed by atoms with Crippen molar-refractivity contribution in [3.05, 3.63) is 35.5 Å². The Morgan fingerprint density at radius 2 is 1.97 bits per heavy atom. The van der Waals surface area contributed by atoms with Crippen molar-refractivity contribution in [3.63, 3.8) is 0 Å². The lowest BCUT2D eigenvalue weighted by atomic mass is 9.65. The second-order valence-electron chi connectivity index (χ2n) is 9.81. The number of anilines is 1. The van der Waals surface area contributed by atoms with Crippen LogP contribution in [0.3, 0.4) is 0 Å². The number of carbonyl (C=O) groups is 2. The van der Waals surface area contributed by atoms with Crippen LogP contribution in [0.25, 0.3) is 10.9 Å². The van der Waals surface area contributed by atoms with Crippen LogP contribution in [0.2, 0.25) is 0 Å². The molecule has 6 nitrogen and oxygen atoms in total. The molecule has 2 aliphatic rings. The molecular formula is C24H30N2O4. The first kappa shape index (κ1) is 20.6. The molecule has 2 heterocycles. The van der Waals surface area contributed by atoms with E-state index in [4.69, 9.17) is 9.47 Å². The van der Waals surface area contributed by atoms with Crippen LogP contribution in [0.15, 0.2) is 24.4 Å². The van der Waals surface area contributed by atoms with Gasteiger partial charge in [0.15, 0.2) is 0 Å². The lowest BCUT2D eigenvalue weighted by Gasteiger charge is -2.39. The molecule has 0 spiro atoms. The summed E-state index contributed by atoms with van der Waals surface area (Å²) in [5.41, 5.74) is 2.92. The van der Waals surface area contributed by atoms with Crippen LogP contribution in [0, 0.1) is 10.8 Å². The third kappa shape index (κ3) is 3.53. The summed E-state index contributed by atoms with van der Waals surface area (Å²) in [5.74, 6) is -0.783. The lowest BCUT2D eigenvalue weighted by molar-refractivity contribution is 0.0525. The summed E-state index contributed by atoms with van der Waals surface area (Å²) >= 11 is 0. The molecule has 2 aromatic rings. The van der Waals surface area contributed by atoms with Crippen molar-refractivity contribution in [3.8, 4) is 0 Å². The van der Waals surface area contributed by atoms with Crippen molar-refractivity contribution < 1.29 is 19.1 Å². The first-order valence-corrected chi connectivity index (χ1v) is 10.6. The Morgan fingerprint density at radius 3 is 2.67 bits per heavy atom. The summed E-state index contributed by atoms with van der Waals surface area (Å²) in [6.07, 6.45) is 4.92. The quantitative estimate of drug-likeness (QED) is 0.686. The number of fused-ring (bicyclic) bond motifs is 3. The Labute approximate surface area is 177 Å². The van der Waals surface area contributed by atoms with Crippen molar-refractivity contribution in [2.45, 2.75) is 53.0 Å². The summed E-state index contributed by atoms with van der Waals surface area (Å²) in [4.78, 5) is 31.9. The summed E-state index contributed by atoms with van der Waals surface area (Å²) in [6.45, 7) is 9.96. The van der Waals surface area contributed by atoms with E-state index in [1.54, 1.807) is 25.3 Å². The average molecular weight is 411 g/mol. The van der Waals surface area contributed by atoms with Crippen LogP contribution in [0.5, 0.6) is 0 Å². The molecule has 2 bridgehead atoms. The van der Waals surface area contributed by atoms with Crippen molar-refractivity contribution in [1.29, 1.82) is 0 Å². The standard InChI is InChI=1S/C24H30N2O4/c1-6-30-22(28)18-12-25-19-8-7-15(21(27)29-5)9-17(19)20(18)26-14-24(4)11-16(26)10-23(2,3)13-24/h7-9,12,16H,6,10-11,13-14H2,1-5H3/t16-,24-/m0/s1. The summed E-state index contributed by atoms with van der Waals surface area (Å²) < 4.78 is 10.3. The molecule has 160 valence electrons. The van der Waals surface area contributed by atoms with Gasteiger partial charge in [-0.05, 0) is 55.2 Å². The third-order valence-corrected chi connectivity index (χ3v) is 6.46. The highest BCUT2D eigenvalue weighted by Gasteiger charge is 2.50. The minimum atomic E-state index is -0.405. The molecule has 0 amide bonds. The molecule has 1 aliphatic carbocycles. The van der Waals surface area contributed by atoms with Gasteiger partial charge in [-0.3, -0.25) is 4.98 Å². The molecule has 4 rings (SSSR count). The fourth-order valence-electron chi connectivity index (χ4n) is 5.81. The maximum Gasteiger partial charge on any atom is 0.341 e. The van der Waals surface area contributed by atoms with E-state index in [9.17, 15) is 9.59 Å². The number of methoxy groups -OCH3 is 1. The number of pyridine rings is 1. The van der Waals surface area contributed by atoms with Crippen LogP contribution < -0.4 is 4.90 Å². The zero-order chi connectivity index (χ0) is 21.7. The zero-order valence-electron chi connectivity index (χ0n) is 18.4. The van der Waals surface area contributed by atoms with Crippen LogP contribution in [0.1, 0.15) is 67.7 Å². The van der Waals surface area contributed by atoms with E-state index < -0.39 is 5.97 Å². The molecule has 0 radical (unpaired) electrons. The highest BCUT2D eigenvalue weighted by molar-refractivity contribution is 6.07. The highest BCUT2D eigenvalue weighted by atomic mass is 16.5. The molecule has 1 aromatic carbocycles. The molecule has 1 saturated carbocycles. The molecule has 1 aliphatic heterocycles. The van der Waals surface area contributed by atoms with Gasteiger partial charge >= 0.3 is 11.9 Å². The van der Waals surface area contributed by atoms with E-state index >= 15 is 0 Å². The fourth-order valence-corrected chi connectivity index (χ4v) is 5.81. The van der Waals surface area contributed by atoms with Gasteiger partial charge in [-0.2, -0.15) is 0 Å². The number of nitrogens with zero attached hydrogens (tertiary/aromatic N) is 2. The van der Waals surface area contributed by atoms with Crippen LogP contribution >= 0.6 is 0 Å². The molecule has 0 unspecified atom stereocenters. The predicted octanol–water partition coefficient (Wildman–Crippen LogP) is 4.60. The Bertz CT molecular complexity index is 1020. The van der Waals surface area contributed by atoms with E-state index in [0.29, 0.717) is 23.8 Å². The van der Waals surface area contributed by atoms with Gasteiger partial charge in [0, 0.05) is 24.2 Å². The van der Waals surface area contributed by atoms with Gasteiger partial charge in [0.05, 0.1) is 30.5 Å². The topological polar surface area (TPSA) is 68.7 Å². The fraction of sp³-hybridized carbons (Fsp3) is 0.542. The molecule has 1 aromatic heterocycles. The van der Waals surface area contributed by atoms with E-state index in [0.717, 1.165) is 42.4 Å². The second-order valence-corrected chi connectivity index (χ2v) is 9.81. The molecule has 6 heteroatoms. The van der Waals surface area contributed by atoms with Gasteiger partial charge in [0.25, 0.3) is 0 Å². The maximum atomic E-state index is 12.9. The first-order chi connectivity index (χ1) is 14.2. The number of carbonyl (C=O) groups excluding carboxylic acids is 2. The Balaban J connectivity index is 1.92. The lowest BCUT2D eigenvalue weighted by Crippen LogP contribution is -2.35. The van der Waals surface area contributed by atoms with E-state index in [1.165, 1.54) is 7.11 Å². The number of hydrogen-bond acceptors (Lipinski definition) is 6. The Morgan fingerprint density at radius 1 is 1.20 bits per heavy atom. The minimum Gasteiger partial charge on any atom is -0.465 e. The predicted molar refractivity (Wildman–Crippen MR) is 116 cm³/mol. The van der Waals surface area contributed by atoms with Crippen molar-refractivity contribution >= 4 is 28.5 Å². The highest BCUT2D eigenvalue weighted by Crippen LogP contribution is 2.54. The summed E-state index contributed by atoms with van der Waals surface area (Å²) in [5, 5.41) is 0.789. The van der Waals surface area contributed by atoms with Crippen molar-refractivity contribution in [2.24, 2.45) is 10.8 Å². The van der Waals surface area contributed by atoms with Gasteiger partial charge in [-0.25, -0.2) is 9.59 Å². The van der Waals surface area contributed by atoms with Gasteiger partial charge in [0.1, 0.15) is 5.56 Å². The number of hydrogen-bond donors (Lipinski definition) is 0. The maximum absolute atomic E-state index is 12.9.